The Hall–Kier alpha value is 1.41. The summed E-state index contributed by atoms with van der Waals surface area (Å²) >= 11 is 31.7. The lowest BCUT2D eigenvalue weighted by atomic mass is 9.94. The third-order valence-corrected chi connectivity index (χ3v) is 7.65. The summed E-state index contributed by atoms with van der Waals surface area (Å²) in [7, 11) is 0. The fraction of sp³-hybridized carbons (Fsp3) is 0.571. The van der Waals surface area contributed by atoms with Crippen molar-refractivity contribution in [3.63, 3.8) is 0 Å². The zero-order valence-corrected chi connectivity index (χ0v) is 12.4. The minimum atomic E-state index is -1.51. The first-order chi connectivity index (χ1) is 6.19. The van der Waals surface area contributed by atoms with Gasteiger partial charge < -0.3 is 0 Å². The van der Waals surface area contributed by atoms with Crippen LogP contribution in [0.25, 0.3) is 0 Å². The number of nitriles is 1. The minimum absolute atomic E-state index is 0.694. The number of hydrogen-bond acceptors (Lipinski definition) is 1. The molecule has 1 aliphatic rings. The third-order valence-electron chi connectivity index (χ3n) is 1.88. The van der Waals surface area contributed by atoms with E-state index in [9.17, 15) is 0 Å². The van der Waals surface area contributed by atoms with Crippen LogP contribution < -0.4 is 0 Å². The summed E-state index contributed by atoms with van der Waals surface area (Å²) in [4.78, 5) is -1.47. The molecule has 0 aromatic carbocycles. The van der Waals surface area contributed by atoms with Crippen molar-refractivity contribution >= 4 is 80.6 Å². The molecule has 0 spiro atoms. The second-order valence-corrected chi connectivity index (χ2v) is 8.06. The lowest BCUT2D eigenvalue weighted by molar-refractivity contribution is 0.622. The zero-order chi connectivity index (χ0) is 11.2. The maximum absolute atomic E-state index is 8.92. The topological polar surface area (TPSA) is 23.8 Å². The highest BCUT2D eigenvalue weighted by Crippen LogP contribution is 2.59. The van der Waals surface area contributed by atoms with Gasteiger partial charge in [0.05, 0.1) is 11.4 Å². The van der Waals surface area contributed by atoms with Crippen molar-refractivity contribution in [1.29, 1.82) is 5.26 Å². The fourth-order valence-corrected chi connectivity index (χ4v) is 3.06. The van der Waals surface area contributed by atoms with Gasteiger partial charge in [-0.3, -0.25) is 0 Å². The molecule has 1 rings (SSSR count). The van der Waals surface area contributed by atoms with Gasteiger partial charge in [-0.05, 0) is 6.08 Å². The quantitative estimate of drug-likeness (QED) is 0.337. The molecule has 0 aliphatic heterocycles. The zero-order valence-electron chi connectivity index (χ0n) is 6.45. The van der Waals surface area contributed by atoms with Gasteiger partial charge in [0.1, 0.15) is 0 Å². The highest BCUT2D eigenvalue weighted by Gasteiger charge is 2.64. The molecule has 78 valence electrons. The Morgan fingerprint density at radius 1 is 1.29 bits per heavy atom. The van der Waals surface area contributed by atoms with E-state index in [4.69, 9.17) is 63.3 Å². The number of alkyl halides is 6. The standard InChI is InChI=1S/C7H3Cl5IN/c8-4-1-2-5(9,3-14)7(12,13)6(4,10)11/h1-2,4H. The molecular weight excluding hydrogens is 402 g/mol. The van der Waals surface area contributed by atoms with Crippen LogP contribution in [0.5, 0.6) is 0 Å². The Bertz CT molecular complexity index is 321. The van der Waals surface area contributed by atoms with Crippen LogP contribution in [0, 0.1) is 11.3 Å². The largest absolute Gasteiger partial charge is 0.196 e. The molecule has 0 amide bonds. The SMILES string of the molecule is N#CC1(Cl)C=CC(Cl)C(Cl)(Cl)C1(Cl)I. The van der Waals surface area contributed by atoms with Crippen molar-refractivity contribution in [2.45, 2.75) is 17.5 Å². The van der Waals surface area contributed by atoms with Crippen LogP contribution in [-0.2, 0) is 0 Å². The van der Waals surface area contributed by atoms with Gasteiger partial charge in [-0.15, -0.1) is 23.2 Å². The summed E-state index contributed by atoms with van der Waals surface area (Å²) in [6, 6.07) is 1.86. The molecule has 14 heavy (non-hydrogen) atoms. The first-order valence-corrected chi connectivity index (χ1v) is 6.41. The van der Waals surface area contributed by atoms with E-state index >= 15 is 0 Å². The summed E-state index contributed by atoms with van der Waals surface area (Å²) in [5.41, 5.74) is 0. The number of halogens is 6. The molecular formula is C7H3Cl5IN. The average Bonchev–Trinajstić information content (AvgIpc) is 2.10. The Labute approximate surface area is 120 Å². The second kappa shape index (κ2) is 4.01. The first kappa shape index (κ1) is 13.5. The molecule has 7 heteroatoms. The summed E-state index contributed by atoms with van der Waals surface area (Å²) in [6.07, 6.45) is 2.88. The highest BCUT2D eigenvalue weighted by atomic mass is 127. The van der Waals surface area contributed by atoms with Crippen LogP contribution in [0.1, 0.15) is 0 Å². The second-order valence-electron chi connectivity index (χ2n) is 2.78. The van der Waals surface area contributed by atoms with Gasteiger partial charge >= 0.3 is 0 Å². The molecule has 3 unspecified atom stereocenters. The van der Waals surface area contributed by atoms with Gasteiger partial charge in [-0.2, -0.15) is 5.26 Å². The van der Waals surface area contributed by atoms with Crippen molar-refractivity contribution in [1.82, 2.24) is 0 Å². The summed E-state index contributed by atoms with van der Waals surface area (Å²) < 4.78 is -2.90. The van der Waals surface area contributed by atoms with Gasteiger partial charge in [0.25, 0.3) is 0 Å². The fourth-order valence-electron chi connectivity index (χ4n) is 0.966. The van der Waals surface area contributed by atoms with Crippen LogP contribution in [0.2, 0.25) is 0 Å². The van der Waals surface area contributed by atoms with Gasteiger partial charge in [-0.1, -0.05) is 63.5 Å². The van der Waals surface area contributed by atoms with Gasteiger partial charge in [0.2, 0.25) is 0 Å². The molecule has 0 saturated heterocycles. The normalized spacial score (nSPS) is 45.9. The average molecular weight is 405 g/mol. The van der Waals surface area contributed by atoms with E-state index < -0.39 is 17.5 Å². The molecule has 0 aromatic heterocycles. The monoisotopic (exact) mass is 403 g/mol. The van der Waals surface area contributed by atoms with Gasteiger partial charge in [0.15, 0.2) is 12.1 Å². The molecule has 0 radical (unpaired) electrons. The summed E-state index contributed by atoms with van der Waals surface area (Å²) in [5.74, 6) is 0. The smallest absolute Gasteiger partial charge is 0.180 e. The summed E-state index contributed by atoms with van der Waals surface area (Å²) in [6.45, 7) is 0. The highest BCUT2D eigenvalue weighted by molar-refractivity contribution is 14.1. The molecule has 0 bridgehead atoms. The molecule has 0 aromatic rings. The third kappa shape index (κ3) is 1.74. The molecule has 1 nitrogen and oxygen atoms in total. The van der Waals surface area contributed by atoms with E-state index in [1.54, 1.807) is 22.6 Å². The van der Waals surface area contributed by atoms with Gasteiger partial charge in [-0.25, -0.2) is 0 Å². The minimum Gasteiger partial charge on any atom is -0.196 e. The van der Waals surface area contributed by atoms with Crippen LogP contribution >= 0.6 is 80.6 Å². The Kier molecular flexibility index (Phi) is 3.86. The lowest BCUT2D eigenvalue weighted by Gasteiger charge is -2.44. The van der Waals surface area contributed by atoms with Crippen LogP contribution in [0.4, 0.5) is 0 Å². The Morgan fingerprint density at radius 3 is 2.21 bits per heavy atom. The van der Waals surface area contributed by atoms with Crippen LogP contribution in [0.15, 0.2) is 12.2 Å². The van der Waals surface area contributed by atoms with Crippen molar-refractivity contribution < 1.29 is 0 Å². The van der Waals surface area contributed by atoms with Crippen molar-refractivity contribution in [2.75, 3.05) is 0 Å². The van der Waals surface area contributed by atoms with Crippen molar-refractivity contribution in [3.05, 3.63) is 12.2 Å². The van der Waals surface area contributed by atoms with E-state index in [1.807, 2.05) is 6.07 Å². The van der Waals surface area contributed by atoms with Crippen molar-refractivity contribution in [3.8, 4) is 6.07 Å². The summed E-state index contributed by atoms with van der Waals surface area (Å²) in [5, 5.41) is 8.23. The number of allylic oxidation sites excluding steroid dienone is 2. The van der Waals surface area contributed by atoms with E-state index in [0.717, 1.165) is 0 Å². The van der Waals surface area contributed by atoms with E-state index in [1.165, 1.54) is 12.2 Å². The number of hydrogen-bond donors (Lipinski definition) is 0. The Balaban J connectivity index is 3.33. The maximum atomic E-state index is 8.92. The Morgan fingerprint density at radius 2 is 1.79 bits per heavy atom. The van der Waals surface area contributed by atoms with Crippen molar-refractivity contribution in [2.24, 2.45) is 0 Å². The number of rotatable bonds is 0. The molecule has 3 atom stereocenters. The maximum Gasteiger partial charge on any atom is 0.180 e. The van der Waals surface area contributed by atoms with E-state index in [-0.39, 0.29) is 0 Å². The van der Waals surface area contributed by atoms with E-state index in [2.05, 4.69) is 0 Å². The predicted molar refractivity (Wildman–Crippen MR) is 70.0 cm³/mol. The van der Waals surface area contributed by atoms with E-state index in [0.29, 0.717) is 0 Å². The molecule has 0 heterocycles. The molecule has 0 fully saturated rings. The lowest BCUT2D eigenvalue weighted by Crippen LogP contribution is -2.57. The first-order valence-electron chi connectivity index (χ1n) is 3.38. The molecule has 0 N–H and O–H groups in total. The predicted octanol–water partition coefficient (Wildman–Crippen LogP) is 4.21. The number of nitrogens with zero attached hydrogens (tertiary/aromatic N) is 1. The van der Waals surface area contributed by atoms with Gasteiger partial charge in [0, 0.05) is 0 Å². The van der Waals surface area contributed by atoms with Crippen LogP contribution in [-0.4, -0.2) is 17.5 Å². The molecule has 0 saturated carbocycles. The van der Waals surface area contributed by atoms with Crippen LogP contribution in [0.3, 0.4) is 0 Å². The molecule has 1 aliphatic carbocycles.